The van der Waals surface area contributed by atoms with Gasteiger partial charge in [0.2, 0.25) is 5.91 Å². The molecule has 1 fully saturated rings. The van der Waals surface area contributed by atoms with Crippen molar-refractivity contribution in [1.82, 2.24) is 14.4 Å². The van der Waals surface area contributed by atoms with Gasteiger partial charge in [0.15, 0.2) is 0 Å². The van der Waals surface area contributed by atoms with Gasteiger partial charge in [0.25, 0.3) is 0 Å². The maximum absolute atomic E-state index is 13.6. The molecule has 0 spiro atoms. The Morgan fingerprint density at radius 2 is 1.64 bits per heavy atom. The fourth-order valence-corrected chi connectivity index (χ4v) is 6.01. The fraction of sp³-hybridized carbons (Fsp3) is 0.483. The predicted octanol–water partition coefficient (Wildman–Crippen LogP) is 6.04. The Kier molecular flexibility index (Phi) is 6.55. The van der Waals surface area contributed by atoms with E-state index < -0.39 is 0 Å². The van der Waals surface area contributed by atoms with Gasteiger partial charge in [0.1, 0.15) is 6.54 Å². The van der Waals surface area contributed by atoms with Gasteiger partial charge >= 0.3 is 0 Å². The van der Waals surface area contributed by atoms with Crippen molar-refractivity contribution in [3.63, 3.8) is 0 Å². The van der Waals surface area contributed by atoms with Crippen LogP contribution in [0.4, 0.5) is 0 Å². The number of likely N-dealkylation sites (N-methyl/N-ethyl adjacent to an activating group) is 1. The zero-order valence-corrected chi connectivity index (χ0v) is 20.2. The van der Waals surface area contributed by atoms with Crippen LogP contribution in [0.15, 0.2) is 48.5 Å². The molecule has 1 aliphatic carbocycles. The van der Waals surface area contributed by atoms with Gasteiger partial charge in [-0.3, -0.25) is 4.79 Å². The van der Waals surface area contributed by atoms with Gasteiger partial charge in [0, 0.05) is 36.1 Å². The summed E-state index contributed by atoms with van der Waals surface area (Å²) in [7, 11) is 0. The van der Waals surface area contributed by atoms with Gasteiger partial charge in [-0.1, -0.05) is 75.6 Å². The number of fused-ring (bicyclic) bond motifs is 5. The van der Waals surface area contributed by atoms with Crippen LogP contribution in [0.2, 0.25) is 0 Å². The second kappa shape index (κ2) is 9.72. The molecule has 0 atom stereocenters. The monoisotopic (exact) mass is 443 g/mol. The first-order chi connectivity index (χ1) is 16.2. The second-order valence-electron chi connectivity index (χ2n) is 9.70. The number of hydrogen-bond acceptors (Lipinski definition) is 2. The van der Waals surface area contributed by atoms with Gasteiger partial charge < -0.3 is 14.4 Å². The van der Waals surface area contributed by atoms with E-state index in [1.807, 2.05) is 0 Å². The van der Waals surface area contributed by atoms with Gasteiger partial charge in [-0.2, -0.15) is 0 Å². The molecule has 0 bridgehead atoms. The smallest absolute Gasteiger partial charge is 0.242 e. The van der Waals surface area contributed by atoms with E-state index in [-0.39, 0.29) is 5.91 Å². The first-order valence-electron chi connectivity index (χ1n) is 12.9. The standard InChI is InChI=1S/C29H37N3O/c1-3-30(4-2)18-19-31-20-23-14-8-9-15-24(23)29-28(22-12-6-5-7-13-22)25-16-10-11-17-26(25)32(29)21-27(31)33/h8-11,14-17,22H,3-7,12-13,18-21H2,1-2H3. The Morgan fingerprint density at radius 3 is 2.42 bits per heavy atom. The van der Waals surface area contributed by atoms with Gasteiger partial charge in [0.05, 0.1) is 5.69 Å². The minimum Gasteiger partial charge on any atom is -0.336 e. The molecule has 1 saturated carbocycles. The number of nitrogens with zero attached hydrogens (tertiary/aromatic N) is 3. The number of rotatable bonds is 6. The van der Waals surface area contributed by atoms with Crippen molar-refractivity contribution in [2.45, 2.75) is 65.0 Å². The third kappa shape index (κ3) is 4.21. The van der Waals surface area contributed by atoms with Crippen LogP contribution < -0.4 is 0 Å². The van der Waals surface area contributed by atoms with Crippen molar-refractivity contribution in [2.75, 3.05) is 26.2 Å². The highest BCUT2D eigenvalue weighted by atomic mass is 16.2. The summed E-state index contributed by atoms with van der Waals surface area (Å²) >= 11 is 0. The van der Waals surface area contributed by atoms with Crippen molar-refractivity contribution in [2.24, 2.45) is 0 Å². The molecule has 33 heavy (non-hydrogen) atoms. The lowest BCUT2D eigenvalue weighted by molar-refractivity contribution is -0.132. The predicted molar refractivity (Wildman–Crippen MR) is 136 cm³/mol. The SMILES string of the molecule is CCN(CC)CCN1Cc2ccccc2-c2c(C3CCCCC3)c3ccccc3n2CC1=O. The summed E-state index contributed by atoms with van der Waals surface area (Å²) in [5.74, 6) is 0.815. The summed E-state index contributed by atoms with van der Waals surface area (Å²) in [4.78, 5) is 18.1. The summed E-state index contributed by atoms with van der Waals surface area (Å²) in [6.45, 7) is 9.25. The number of hydrogen-bond donors (Lipinski definition) is 0. The van der Waals surface area contributed by atoms with Crippen LogP contribution in [0.25, 0.3) is 22.2 Å². The largest absolute Gasteiger partial charge is 0.336 e. The van der Waals surface area contributed by atoms with Gasteiger partial charge in [-0.25, -0.2) is 0 Å². The third-order valence-corrected chi connectivity index (χ3v) is 7.88. The van der Waals surface area contributed by atoms with Crippen molar-refractivity contribution < 1.29 is 4.79 Å². The second-order valence-corrected chi connectivity index (χ2v) is 9.70. The van der Waals surface area contributed by atoms with E-state index in [0.717, 1.165) is 26.2 Å². The molecule has 0 saturated heterocycles. The average Bonchev–Trinajstić information content (AvgIpc) is 3.17. The normalized spacial score (nSPS) is 17.2. The summed E-state index contributed by atoms with van der Waals surface area (Å²) in [5, 5.41) is 1.35. The molecule has 0 radical (unpaired) electrons. The molecule has 1 amide bonds. The number of benzene rings is 2. The van der Waals surface area contributed by atoms with E-state index in [0.29, 0.717) is 19.0 Å². The number of para-hydroxylation sites is 1. The minimum atomic E-state index is 0.230. The van der Waals surface area contributed by atoms with Crippen molar-refractivity contribution >= 4 is 16.8 Å². The molecule has 2 heterocycles. The Bertz CT molecular complexity index is 1120. The summed E-state index contributed by atoms with van der Waals surface area (Å²) in [6.07, 6.45) is 6.48. The number of aromatic nitrogens is 1. The third-order valence-electron chi connectivity index (χ3n) is 7.88. The first-order valence-corrected chi connectivity index (χ1v) is 12.9. The Labute approximate surface area is 198 Å². The molecule has 0 N–H and O–H groups in total. The maximum atomic E-state index is 13.6. The zero-order valence-electron chi connectivity index (χ0n) is 20.2. The van der Waals surface area contributed by atoms with Crippen LogP contribution in [0.3, 0.4) is 0 Å². The van der Waals surface area contributed by atoms with Crippen molar-refractivity contribution in [1.29, 1.82) is 0 Å². The molecule has 1 aromatic heterocycles. The lowest BCUT2D eigenvalue weighted by Crippen LogP contribution is -2.40. The van der Waals surface area contributed by atoms with E-state index in [1.54, 1.807) is 0 Å². The van der Waals surface area contributed by atoms with Gasteiger partial charge in [-0.15, -0.1) is 0 Å². The zero-order chi connectivity index (χ0) is 22.8. The van der Waals surface area contributed by atoms with Crippen LogP contribution in [-0.2, 0) is 17.9 Å². The first kappa shape index (κ1) is 22.2. The Morgan fingerprint density at radius 1 is 0.909 bits per heavy atom. The van der Waals surface area contributed by atoms with E-state index in [9.17, 15) is 4.79 Å². The Balaban J connectivity index is 1.63. The number of carbonyl (C=O) groups is 1. The molecular weight excluding hydrogens is 406 g/mol. The van der Waals surface area contributed by atoms with E-state index >= 15 is 0 Å². The molecular formula is C29H37N3O. The van der Waals surface area contributed by atoms with Crippen LogP contribution in [0.5, 0.6) is 0 Å². The molecule has 174 valence electrons. The van der Waals surface area contributed by atoms with Crippen molar-refractivity contribution in [3.05, 3.63) is 59.7 Å². The van der Waals surface area contributed by atoms with Crippen LogP contribution in [0, 0.1) is 0 Å². The molecule has 5 rings (SSSR count). The quantitative estimate of drug-likeness (QED) is 0.465. The van der Waals surface area contributed by atoms with Crippen molar-refractivity contribution in [3.8, 4) is 11.3 Å². The molecule has 4 heteroatoms. The summed E-state index contributed by atoms with van der Waals surface area (Å²) in [5.41, 5.74) is 6.58. The lowest BCUT2D eigenvalue weighted by Gasteiger charge is -2.31. The lowest BCUT2D eigenvalue weighted by atomic mass is 9.81. The Hall–Kier alpha value is -2.59. The molecule has 4 nitrogen and oxygen atoms in total. The molecule has 0 unspecified atom stereocenters. The van der Waals surface area contributed by atoms with E-state index in [1.165, 1.54) is 65.4 Å². The topological polar surface area (TPSA) is 28.5 Å². The number of carbonyl (C=O) groups excluding carboxylic acids is 1. The maximum Gasteiger partial charge on any atom is 0.242 e. The highest BCUT2D eigenvalue weighted by Crippen LogP contribution is 2.45. The highest BCUT2D eigenvalue weighted by molar-refractivity contribution is 5.95. The molecule has 1 aliphatic heterocycles. The minimum absolute atomic E-state index is 0.230. The number of amides is 1. The average molecular weight is 444 g/mol. The van der Waals surface area contributed by atoms with Gasteiger partial charge in [-0.05, 0) is 49.0 Å². The molecule has 2 aliphatic rings. The fourth-order valence-electron chi connectivity index (χ4n) is 6.01. The van der Waals surface area contributed by atoms with E-state index in [4.69, 9.17) is 0 Å². The molecule has 3 aromatic rings. The summed E-state index contributed by atoms with van der Waals surface area (Å²) in [6, 6.07) is 17.6. The molecule has 2 aromatic carbocycles. The van der Waals surface area contributed by atoms with E-state index in [2.05, 4.69) is 76.7 Å². The highest BCUT2D eigenvalue weighted by Gasteiger charge is 2.30. The summed E-state index contributed by atoms with van der Waals surface area (Å²) < 4.78 is 2.34. The van der Waals surface area contributed by atoms with Crippen LogP contribution in [0.1, 0.15) is 63.0 Å². The van der Waals surface area contributed by atoms with Crippen LogP contribution in [-0.4, -0.2) is 46.5 Å². The van der Waals surface area contributed by atoms with Crippen LogP contribution >= 0.6 is 0 Å².